The lowest BCUT2D eigenvalue weighted by Gasteiger charge is -2.20. The first-order valence-electron chi connectivity index (χ1n) is 6.78. The van der Waals surface area contributed by atoms with Crippen LogP contribution in [0.25, 0.3) is 11.0 Å². The van der Waals surface area contributed by atoms with Crippen LogP contribution in [0.4, 0.5) is 5.95 Å². The monoisotopic (exact) mass is 243 g/mol. The number of aryl methyl sites for hydroxylation is 1. The maximum Gasteiger partial charge on any atom is 0.203 e. The Hall–Kier alpha value is -1.51. The van der Waals surface area contributed by atoms with Crippen molar-refractivity contribution < 1.29 is 0 Å². The van der Waals surface area contributed by atoms with Crippen LogP contribution in [0.1, 0.15) is 26.7 Å². The molecule has 0 spiro atoms. The van der Waals surface area contributed by atoms with Gasteiger partial charge in [-0.1, -0.05) is 26.0 Å². The van der Waals surface area contributed by atoms with Crippen LogP contribution in [-0.2, 0) is 7.05 Å². The SMILES string of the molecule is CC(C)C1(CNc2nc3ccccc3n2C)CC1. The minimum absolute atomic E-state index is 0.512. The summed E-state index contributed by atoms with van der Waals surface area (Å²) in [5.74, 6) is 1.74. The molecule has 1 N–H and O–H groups in total. The Bertz CT molecular complexity index is 564. The molecule has 1 saturated carbocycles. The van der Waals surface area contributed by atoms with Gasteiger partial charge < -0.3 is 9.88 Å². The van der Waals surface area contributed by atoms with Crippen molar-refractivity contribution in [2.75, 3.05) is 11.9 Å². The van der Waals surface area contributed by atoms with Crippen LogP contribution in [0.15, 0.2) is 24.3 Å². The van der Waals surface area contributed by atoms with Gasteiger partial charge >= 0.3 is 0 Å². The molecule has 1 aliphatic carbocycles. The van der Waals surface area contributed by atoms with Gasteiger partial charge in [-0.05, 0) is 36.3 Å². The molecule has 1 fully saturated rings. The number of nitrogens with one attached hydrogen (secondary N) is 1. The van der Waals surface area contributed by atoms with Crippen LogP contribution in [-0.4, -0.2) is 16.1 Å². The van der Waals surface area contributed by atoms with Gasteiger partial charge in [-0.25, -0.2) is 4.98 Å². The summed E-state index contributed by atoms with van der Waals surface area (Å²) in [6.07, 6.45) is 2.70. The number of hydrogen-bond donors (Lipinski definition) is 1. The molecule has 2 aromatic rings. The number of para-hydroxylation sites is 2. The zero-order valence-corrected chi connectivity index (χ0v) is 11.4. The van der Waals surface area contributed by atoms with Crippen LogP contribution >= 0.6 is 0 Å². The molecule has 0 atom stereocenters. The average molecular weight is 243 g/mol. The molecule has 1 heterocycles. The summed E-state index contributed by atoms with van der Waals surface area (Å²) in [4.78, 5) is 4.65. The van der Waals surface area contributed by atoms with Crippen molar-refractivity contribution in [1.29, 1.82) is 0 Å². The second-order valence-electron chi connectivity index (χ2n) is 5.85. The third-order valence-corrected chi connectivity index (χ3v) is 4.50. The molecule has 3 rings (SSSR count). The highest BCUT2D eigenvalue weighted by molar-refractivity contribution is 5.78. The van der Waals surface area contributed by atoms with Gasteiger partial charge in [0.2, 0.25) is 5.95 Å². The average Bonchev–Trinajstić information content (AvgIpc) is 3.09. The van der Waals surface area contributed by atoms with Crippen LogP contribution in [0.2, 0.25) is 0 Å². The summed E-state index contributed by atoms with van der Waals surface area (Å²) in [6, 6.07) is 8.28. The predicted octanol–water partition coefficient (Wildman–Crippen LogP) is 3.42. The van der Waals surface area contributed by atoms with Crippen molar-refractivity contribution in [3.05, 3.63) is 24.3 Å². The van der Waals surface area contributed by atoms with E-state index in [2.05, 4.69) is 54.0 Å². The van der Waals surface area contributed by atoms with Gasteiger partial charge in [0.25, 0.3) is 0 Å². The highest BCUT2D eigenvalue weighted by Crippen LogP contribution is 2.51. The Morgan fingerprint density at radius 2 is 2.06 bits per heavy atom. The zero-order valence-electron chi connectivity index (χ0n) is 11.4. The van der Waals surface area contributed by atoms with Gasteiger partial charge in [0.05, 0.1) is 11.0 Å². The Labute approximate surface area is 108 Å². The molecule has 0 aliphatic heterocycles. The number of benzene rings is 1. The van der Waals surface area contributed by atoms with E-state index in [1.807, 2.05) is 6.07 Å². The minimum atomic E-state index is 0.512. The topological polar surface area (TPSA) is 29.9 Å². The molecule has 1 aromatic carbocycles. The molecule has 0 unspecified atom stereocenters. The fourth-order valence-electron chi connectivity index (χ4n) is 2.68. The Balaban J connectivity index is 1.81. The summed E-state index contributed by atoms with van der Waals surface area (Å²) in [6.45, 7) is 5.69. The first-order chi connectivity index (χ1) is 8.62. The molecule has 18 heavy (non-hydrogen) atoms. The van der Waals surface area contributed by atoms with Gasteiger partial charge in [0, 0.05) is 13.6 Å². The molecule has 96 valence electrons. The first kappa shape index (κ1) is 11.6. The second-order valence-corrected chi connectivity index (χ2v) is 5.85. The van der Waals surface area contributed by atoms with E-state index in [9.17, 15) is 0 Å². The summed E-state index contributed by atoms with van der Waals surface area (Å²) in [5, 5.41) is 3.54. The molecule has 0 radical (unpaired) electrons. The number of nitrogens with zero attached hydrogens (tertiary/aromatic N) is 2. The molecular formula is C15H21N3. The van der Waals surface area contributed by atoms with Crippen molar-refractivity contribution in [3.63, 3.8) is 0 Å². The van der Waals surface area contributed by atoms with E-state index in [-0.39, 0.29) is 0 Å². The number of imidazole rings is 1. The van der Waals surface area contributed by atoms with Gasteiger partial charge in [0.15, 0.2) is 0 Å². The highest BCUT2D eigenvalue weighted by Gasteiger charge is 2.45. The molecule has 0 amide bonds. The van der Waals surface area contributed by atoms with Gasteiger partial charge in [0.1, 0.15) is 0 Å². The Morgan fingerprint density at radius 1 is 1.33 bits per heavy atom. The van der Waals surface area contributed by atoms with Crippen molar-refractivity contribution in [2.45, 2.75) is 26.7 Å². The van der Waals surface area contributed by atoms with E-state index in [1.54, 1.807) is 0 Å². The van der Waals surface area contributed by atoms with E-state index in [4.69, 9.17) is 0 Å². The van der Waals surface area contributed by atoms with Crippen LogP contribution < -0.4 is 5.32 Å². The van der Waals surface area contributed by atoms with E-state index in [0.29, 0.717) is 5.41 Å². The van der Waals surface area contributed by atoms with E-state index < -0.39 is 0 Å². The molecule has 3 nitrogen and oxygen atoms in total. The normalized spacial score (nSPS) is 17.3. The van der Waals surface area contributed by atoms with Crippen LogP contribution in [0.3, 0.4) is 0 Å². The van der Waals surface area contributed by atoms with Gasteiger partial charge in [-0.3, -0.25) is 0 Å². The quantitative estimate of drug-likeness (QED) is 0.891. The summed E-state index contributed by atoms with van der Waals surface area (Å²) in [7, 11) is 2.08. The molecule has 1 aromatic heterocycles. The van der Waals surface area contributed by atoms with Crippen molar-refractivity contribution in [2.24, 2.45) is 18.4 Å². The third kappa shape index (κ3) is 1.78. The van der Waals surface area contributed by atoms with Crippen LogP contribution in [0, 0.1) is 11.3 Å². The van der Waals surface area contributed by atoms with Gasteiger partial charge in [-0.2, -0.15) is 0 Å². The van der Waals surface area contributed by atoms with Gasteiger partial charge in [-0.15, -0.1) is 0 Å². The standard InChI is InChI=1S/C15H21N3/c1-11(2)15(8-9-15)10-16-14-17-12-6-4-5-7-13(12)18(14)3/h4-7,11H,8-10H2,1-3H3,(H,16,17). The first-order valence-corrected chi connectivity index (χ1v) is 6.78. The molecular weight excluding hydrogens is 222 g/mol. The molecule has 0 bridgehead atoms. The summed E-state index contributed by atoms with van der Waals surface area (Å²) in [5.41, 5.74) is 2.77. The second kappa shape index (κ2) is 4.01. The van der Waals surface area contributed by atoms with E-state index >= 15 is 0 Å². The van der Waals surface area contributed by atoms with Crippen molar-refractivity contribution in [3.8, 4) is 0 Å². The number of rotatable bonds is 4. The zero-order chi connectivity index (χ0) is 12.8. The number of hydrogen-bond acceptors (Lipinski definition) is 2. The third-order valence-electron chi connectivity index (χ3n) is 4.50. The number of anilines is 1. The fourth-order valence-corrected chi connectivity index (χ4v) is 2.68. The van der Waals surface area contributed by atoms with Crippen LogP contribution in [0.5, 0.6) is 0 Å². The van der Waals surface area contributed by atoms with E-state index in [1.165, 1.54) is 18.4 Å². The largest absolute Gasteiger partial charge is 0.355 e. The minimum Gasteiger partial charge on any atom is -0.355 e. The van der Waals surface area contributed by atoms with Crippen molar-refractivity contribution >= 4 is 17.0 Å². The Morgan fingerprint density at radius 3 is 2.67 bits per heavy atom. The lowest BCUT2D eigenvalue weighted by Crippen LogP contribution is -2.22. The molecule has 1 aliphatic rings. The Kier molecular flexibility index (Phi) is 2.58. The summed E-state index contributed by atoms with van der Waals surface area (Å²) < 4.78 is 2.14. The summed E-state index contributed by atoms with van der Waals surface area (Å²) >= 11 is 0. The highest BCUT2D eigenvalue weighted by atomic mass is 15.2. The fraction of sp³-hybridized carbons (Fsp3) is 0.533. The molecule has 3 heteroatoms. The van der Waals surface area contributed by atoms with Crippen molar-refractivity contribution in [1.82, 2.24) is 9.55 Å². The number of aromatic nitrogens is 2. The number of fused-ring (bicyclic) bond motifs is 1. The molecule has 0 saturated heterocycles. The smallest absolute Gasteiger partial charge is 0.203 e. The maximum atomic E-state index is 4.65. The van der Waals surface area contributed by atoms with E-state index in [0.717, 1.165) is 23.9 Å². The predicted molar refractivity (Wildman–Crippen MR) is 75.7 cm³/mol. The lowest BCUT2D eigenvalue weighted by atomic mass is 9.92. The maximum absolute atomic E-state index is 4.65. The lowest BCUT2D eigenvalue weighted by molar-refractivity contribution is 0.379.